The van der Waals surface area contributed by atoms with Crippen molar-refractivity contribution in [2.45, 2.75) is 24.8 Å². The summed E-state index contributed by atoms with van der Waals surface area (Å²) >= 11 is 11.4. The van der Waals surface area contributed by atoms with E-state index in [1.165, 1.54) is 0 Å². The molecule has 1 aromatic carbocycles. The van der Waals surface area contributed by atoms with Gasteiger partial charge in [-0.3, -0.25) is 10.1 Å². The van der Waals surface area contributed by atoms with Gasteiger partial charge in [0.1, 0.15) is 14.9 Å². The molecule has 0 spiro atoms. The minimum absolute atomic E-state index is 0.175. The normalized spacial score (nSPS) is 13.4. The third-order valence-electron chi connectivity index (χ3n) is 2.81. The molecule has 21 heavy (non-hydrogen) atoms. The van der Waals surface area contributed by atoms with Crippen LogP contribution in [0.25, 0.3) is 0 Å². The smallest absolute Gasteiger partial charge is 0.307 e. The predicted octanol–water partition coefficient (Wildman–Crippen LogP) is 2.20. The highest BCUT2D eigenvalue weighted by molar-refractivity contribution is 7.89. The lowest BCUT2D eigenvalue weighted by molar-refractivity contribution is -0.384. The largest absolute Gasteiger partial charge is 0.395 e. The van der Waals surface area contributed by atoms with Gasteiger partial charge in [0.15, 0.2) is 0 Å². The van der Waals surface area contributed by atoms with Crippen molar-refractivity contribution in [1.29, 1.82) is 0 Å². The van der Waals surface area contributed by atoms with E-state index in [2.05, 4.69) is 4.72 Å². The zero-order valence-electron chi connectivity index (χ0n) is 11.2. The van der Waals surface area contributed by atoms with Gasteiger partial charge in [0.25, 0.3) is 0 Å². The fourth-order valence-corrected chi connectivity index (χ4v) is 3.81. The standard InChI is InChI=1S/C11H14Cl2N2O5S/c1-6(2)8(5-16)14-21(19,20)9-4-3-7(12)11(10(9)13)15(17)18/h3-4,6,8,14,16H,5H2,1-2H3/t8-/m1/s1. The van der Waals surface area contributed by atoms with Crippen LogP contribution >= 0.6 is 23.2 Å². The SMILES string of the molecule is CC(C)[C@@H](CO)NS(=O)(=O)c1ccc(Cl)c([N+](=O)[O-])c1Cl. The van der Waals surface area contributed by atoms with Gasteiger partial charge in [0.2, 0.25) is 10.0 Å². The Morgan fingerprint density at radius 1 is 1.38 bits per heavy atom. The fraction of sp³-hybridized carbons (Fsp3) is 0.455. The van der Waals surface area contributed by atoms with E-state index in [0.717, 1.165) is 12.1 Å². The Morgan fingerprint density at radius 2 is 1.95 bits per heavy atom. The van der Waals surface area contributed by atoms with Crippen LogP contribution in [0, 0.1) is 16.0 Å². The average molecular weight is 357 g/mol. The number of nitrogens with one attached hydrogen (secondary N) is 1. The Labute approximate surface area is 132 Å². The second kappa shape index (κ2) is 6.89. The first-order valence-corrected chi connectivity index (χ1v) is 8.11. The van der Waals surface area contributed by atoms with E-state index >= 15 is 0 Å². The Hall–Kier alpha value is -0.930. The van der Waals surface area contributed by atoms with E-state index in [9.17, 15) is 23.6 Å². The number of sulfonamides is 1. The molecule has 0 saturated carbocycles. The van der Waals surface area contributed by atoms with Gasteiger partial charge in [-0.05, 0) is 18.1 Å². The maximum Gasteiger partial charge on any atom is 0.307 e. The fourth-order valence-electron chi connectivity index (χ4n) is 1.54. The molecule has 0 saturated heterocycles. The molecule has 1 rings (SSSR count). The Bertz CT molecular complexity index is 648. The molecule has 0 aromatic heterocycles. The number of hydrogen-bond acceptors (Lipinski definition) is 5. The monoisotopic (exact) mass is 356 g/mol. The molecule has 7 nitrogen and oxygen atoms in total. The summed E-state index contributed by atoms with van der Waals surface area (Å²) in [7, 11) is -4.13. The summed E-state index contributed by atoms with van der Waals surface area (Å²) in [5, 5.41) is 19.2. The van der Waals surface area contributed by atoms with Gasteiger partial charge in [-0.25, -0.2) is 13.1 Å². The summed E-state index contributed by atoms with van der Waals surface area (Å²) < 4.78 is 26.7. The molecule has 0 aliphatic carbocycles. The van der Waals surface area contributed by atoms with Crippen molar-refractivity contribution in [1.82, 2.24) is 4.72 Å². The van der Waals surface area contributed by atoms with E-state index < -0.39 is 43.2 Å². The average Bonchev–Trinajstić information content (AvgIpc) is 2.34. The number of nitrogens with zero attached hydrogens (tertiary/aromatic N) is 1. The molecule has 0 heterocycles. The number of nitro groups is 1. The molecule has 1 atom stereocenters. The highest BCUT2D eigenvalue weighted by atomic mass is 35.5. The van der Waals surface area contributed by atoms with Crippen LogP contribution in [0.3, 0.4) is 0 Å². The number of aliphatic hydroxyl groups is 1. The van der Waals surface area contributed by atoms with Crippen LogP contribution in [0.1, 0.15) is 13.8 Å². The number of hydrogen-bond donors (Lipinski definition) is 2. The maximum atomic E-state index is 12.2. The zero-order chi connectivity index (χ0) is 16.4. The molecule has 118 valence electrons. The van der Waals surface area contributed by atoms with Crippen LogP contribution in [-0.4, -0.2) is 31.1 Å². The molecule has 0 bridgehead atoms. The first-order valence-electron chi connectivity index (χ1n) is 5.87. The molecule has 0 aliphatic heterocycles. The van der Waals surface area contributed by atoms with Crippen LogP contribution in [-0.2, 0) is 10.0 Å². The van der Waals surface area contributed by atoms with Crippen molar-refractivity contribution < 1.29 is 18.4 Å². The summed E-state index contributed by atoms with van der Waals surface area (Å²) in [6, 6.07) is 1.43. The summed E-state index contributed by atoms with van der Waals surface area (Å²) in [6.45, 7) is 3.02. The van der Waals surface area contributed by atoms with Crippen molar-refractivity contribution in [3.63, 3.8) is 0 Å². The van der Waals surface area contributed by atoms with Crippen LogP contribution in [0.2, 0.25) is 10.0 Å². The van der Waals surface area contributed by atoms with Gasteiger partial charge in [0, 0.05) is 6.04 Å². The Morgan fingerprint density at radius 3 is 2.38 bits per heavy atom. The topological polar surface area (TPSA) is 110 Å². The van der Waals surface area contributed by atoms with Crippen LogP contribution in [0.5, 0.6) is 0 Å². The van der Waals surface area contributed by atoms with Crippen LogP contribution < -0.4 is 4.72 Å². The van der Waals surface area contributed by atoms with E-state index in [-0.39, 0.29) is 10.9 Å². The lowest BCUT2D eigenvalue weighted by Gasteiger charge is -2.20. The molecule has 0 amide bonds. The van der Waals surface area contributed by atoms with Gasteiger partial charge in [-0.15, -0.1) is 0 Å². The minimum Gasteiger partial charge on any atom is -0.395 e. The number of aliphatic hydroxyl groups excluding tert-OH is 1. The second-order valence-electron chi connectivity index (χ2n) is 4.62. The second-order valence-corrected chi connectivity index (χ2v) is 7.09. The summed E-state index contributed by atoms with van der Waals surface area (Å²) in [6.07, 6.45) is 0. The molecule has 0 fully saturated rings. The summed E-state index contributed by atoms with van der Waals surface area (Å²) in [4.78, 5) is 9.58. The first kappa shape index (κ1) is 18.1. The van der Waals surface area contributed by atoms with Crippen LogP contribution in [0.15, 0.2) is 17.0 Å². The number of benzene rings is 1. The van der Waals surface area contributed by atoms with Gasteiger partial charge in [0.05, 0.1) is 11.5 Å². The van der Waals surface area contributed by atoms with E-state index in [0.29, 0.717) is 0 Å². The number of halogens is 2. The molecular weight excluding hydrogens is 343 g/mol. The van der Waals surface area contributed by atoms with Gasteiger partial charge in [-0.1, -0.05) is 37.0 Å². The van der Waals surface area contributed by atoms with Gasteiger partial charge >= 0.3 is 5.69 Å². The van der Waals surface area contributed by atoms with Crippen molar-refractivity contribution in [2.24, 2.45) is 5.92 Å². The number of nitro benzene ring substituents is 1. The lowest BCUT2D eigenvalue weighted by atomic mass is 10.1. The van der Waals surface area contributed by atoms with Gasteiger partial charge in [-0.2, -0.15) is 0 Å². The first-order chi connectivity index (χ1) is 9.61. The quantitative estimate of drug-likeness (QED) is 0.599. The maximum absolute atomic E-state index is 12.2. The molecule has 0 unspecified atom stereocenters. The third-order valence-corrected chi connectivity index (χ3v) is 5.14. The Kier molecular flexibility index (Phi) is 5.94. The zero-order valence-corrected chi connectivity index (χ0v) is 13.5. The highest BCUT2D eigenvalue weighted by Crippen LogP contribution is 2.37. The Balaban J connectivity index is 3.33. The third kappa shape index (κ3) is 4.04. The molecular formula is C11H14Cl2N2O5S. The summed E-state index contributed by atoms with van der Waals surface area (Å²) in [5.41, 5.74) is -0.675. The molecule has 1 aromatic rings. The minimum atomic E-state index is -4.13. The van der Waals surface area contributed by atoms with E-state index in [4.69, 9.17) is 23.2 Å². The van der Waals surface area contributed by atoms with Crippen molar-refractivity contribution in [3.05, 3.63) is 32.3 Å². The van der Waals surface area contributed by atoms with Crippen molar-refractivity contribution >= 4 is 38.9 Å². The number of rotatable bonds is 6. The van der Waals surface area contributed by atoms with Crippen molar-refractivity contribution in [3.8, 4) is 0 Å². The van der Waals surface area contributed by atoms with Gasteiger partial charge < -0.3 is 5.11 Å². The van der Waals surface area contributed by atoms with E-state index in [1.54, 1.807) is 13.8 Å². The lowest BCUT2D eigenvalue weighted by Crippen LogP contribution is -2.41. The highest BCUT2D eigenvalue weighted by Gasteiger charge is 2.29. The van der Waals surface area contributed by atoms with Crippen LogP contribution in [0.4, 0.5) is 5.69 Å². The van der Waals surface area contributed by atoms with Crippen molar-refractivity contribution in [2.75, 3.05) is 6.61 Å². The molecule has 2 N–H and O–H groups in total. The molecule has 0 radical (unpaired) electrons. The molecule has 0 aliphatic rings. The summed E-state index contributed by atoms with van der Waals surface area (Å²) in [5.74, 6) is -0.175. The predicted molar refractivity (Wildman–Crippen MR) is 79.1 cm³/mol. The molecule has 10 heteroatoms. The van der Waals surface area contributed by atoms with E-state index in [1.807, 2.05) is 0 Å².